The van der Waals surface area contributed by atoms with Crippen LogP contribution in [0.4, 0.5) is 4.79 Å². The van der Waals surface area contributed by atoms with Crippen LogP contribution < -0.4 is 0 Å². The molecule has 1 aromatic carbocycles. The Balaban J connectivity index is 1.40. The number of carbonyl (C=O) groups excluding carboxylic acids is 2. The highest BCUT2D eigenvalue weighted by Gasteiger charge is 2.47. The first-order valence-corrected chi connectivity index (χ1v) is 9.43. The molecule has 2 amide bonds. The Bertz CT molecular complexity index is 787. The molecule has 0 saturated carbocycles. The minimum absolute atomic E-state index is 0.00936. The van der Waals surface area contributed by atoms with Crippen LogP contribution in [0.5, 0.6) is 0 Å². The Morgan fingerprint density at radius 2 is 1.96 bits per heavy atom. The topological polar surface area (TPSA) is 62.7 Å². The number of urea groups is 1. The molecule has 0 unspecified atom stereocenters. The average molecular weight is 369 g/mol. The lowest BCUT2D eigenvalue weighted by Gasteiger charge is -2.28. The van der Waals surface area contributed by atoms with E-state index in [1.165, 1.54) is 5.06 Å². The molecule has 0 aliphatic carbocycles. The molecule has 2 aliphatic rings. The van der Waals surface area contributed by atoms with Crippen molar-refractivity contribution in [3.8, 4) is 0 Å². The Hall–Kier alpha value is -2.38. The van der Waals surface area contributed by atoms with Crippen molar-refractivity contribution in [2.75, 3.05) is 6.54 Å². The number of nitrogens with zero attached hydrogens (tertiary/aromatic N) is 3. The van der Waals surface area contributed by atoms with E-state index in [0.717, 1.165) is 23.7 Å². The third kappa shape index (κ3) is 3.45. The summed E-state index contributed by atoms with van der Waals surface area (Å²) in [7, 11) is 0. The molecule has 134 valence electrons. The quantitative estimate of drug-likeness (QED) is 0.758. The maximum Gasteiger partial charge on any atom is 0.344 e. The summed E-state index contributed by atoms with van der Waals surface area (Å²) in [6, 6.07) is 14.6. The minimum Gasteiger partial charge on any atom is -0.310 e. The molecular formula is C19H19N3O3S. The summed E-state index contributed by atoms with van der Waals surface area (Å²) >= 11 is 1.10. The van der Waals surface area contributed by atoms with Gasteiger partial charge in [-0.1, -0.05) is 36.4 Å². The average Bonchev–Trinajstić information content (AvgIpc) is 2.92. The van der Waals surface area contributed by atoms with Gasteiger partial charge < -0.3 is 4.90 Å². The first-order chi connectivity index (χ1) is 12.7. The Morgan fingerprint density at radius 3 is 2.73 bits per heavy atom. The van der Waals surface area contributed by atoms with Crippen molar-refractivity contribution in [1.29, 1.82) is 0 Å². The normalized spacial score (nSPS) is 21.9. The van der Waals surface area contributed by atoms with E-state index in [4.69, 9.17) is 4.84 Å². The second-order valence-corrected chi connectivity index (χ2v) is 7.38. The zero-order valence-electron chi connectivity index (χ0n) is 14.2. The SMILES string of the molecule is O=C(Sc1ccccn1)[C@@H]1CC[C@@H]2CN1C(=O)N2OCc1ccccc1. The zero-order chi connectivity index (χ0) is 17.9. The van der Waals surface area contributed by atoms with Gasteiger partial charge in [0.25, 0.3) is 0 Å². The molecule has 26 heavy (non-hydrogen) atoms. The molecule has 4 rings (SSSR count). The van der Waals surface area contributed by atoms with Gasteiger partial charge in [0.15, 0.2) is 0 Å². The van der Waals surface area contributed by atoms with Gasteiger partial charge in [-0.05, 0) is 42.3 Å². The van der Waals surface area contributed by atoms with E-state index in [0.29, 0.717) is 24.6 Å². The fourth-order valence-electron chi connectivity index (χ4n) is 3.34. The standard InChI is InChI=1S/C19H19N3O3S/c23-18(26-17-8-4-5-11-20-17)16-10-9-15-12-21(16)19(24)22(15)25-13-14-6-2-1-3-7-14/h1-8,11,15-16H,9-10,12-13H2/t15-,16+/m1/s1. The first kappa shape index (κ1) is 17.1. The number of pyridine rings is 1. The highest BCUT2D eigenvalue weighted by atomic mass is 32.2. The maximum atomic E-state index is 12.7. The fraction of sp³-hybridized carbons (Fsp3) is 0.316. The summed E-state index contributed by atoms with van der Waals surface area (Å²) in [5.74, 6) is 0. The molecule has 0 spiro atoms. The molecule has 2 atom stereocenters. The highest BCUT2D eigenvalue weighted by molar-refractivity contribution is 8.13. The van der Waals surface area contributed by atoms with Crippen LogP contribution in [0.2, 0.25) is 0 Å². The van der Waals surface area contributed by atoms with Crippen molar-refractivity contribution in [1.82, 2.24) is 14.9 Å². The summed E-state index contributed by atoms with van der Waals surface area (Å²) in [5.41, 5.74) is 1.01. The van der Waals surface area contributed by atoms with E-state index in [9.17, 15) is 9.59 Å². The molecule has 2 fully saturated rings. The lowest BCUT2D eigenvalue weighted by atomic mass is 10.0. The fourth-order valence-corrected chi connectivity index (χ4v) is 4.19. The van der Waals surface area contributed by atoms with E-state index in [1.807, 2.05) is 42.5 Å². The lowest BCUT2D eigenvalue weighted by Crippen LogP contribution is -2.44. The van der Waals surface area contributed by atoms with Gasteiger partial charge in [0.1, 0.15) is 17.7 Å². The number of fused-ring (bicyclic) bond motifs is 2. The molecule has 2 aliphatic heterocycles. The second-order valence-electron chi connectivity index (χ2n) is 6.36. The van der Waals surface area contributed by atoms with E-state index >= 15 is 0 Å². The van der Waals surface area contributed by atoms with Crippen molar-refractivity contribution in [2.45, 2.75) is 36.6 Å². The van der Waals surface area contributed by atoms with Crippen LogP contribution in [0, 0.1) is 0 Å². The largest absolute Gasteiger partial charge is 0.344 e. The third-order valence-electron chi connectivity index (χ3n) is 4.65. The van der Waals surface area contributed by atoms with E-state index in [2.05, 4.69) is 4.98 Å². The molecule has 6 nitrogen and oxygen atoms in total. The van der Waals surface area contributed by atoms with E-state index < -0.39 is 6.04 Å². The molecule has 2 saturated heterocycles. The van der Waals surface area contributed by atoms with Crippen LogP contribution in [0.3, 0.4) is 0 Å². The van der Waals surface area contributed by atoms with Crippen molar-refractivity contribution in [3.63, 3.8) is 0 Å². The van der Waals surface area contributed by atoms with Crippen LogP contribution >= 0.6 is 11.8 Å². The summed E-state index contributed by atoms with van der Waals surface area (Å²) in [6.45, 7) is 0.880. The summed E-state index contributed by atoms with van der Waals surface area (Å²) in [5, 5.41) is 2.06. The first-order valence-electron chi connectivity index (χ1n) is 8.62. The Morgan fingerprint density at radius 1 is 1.15 bits per heavy atom. The van der Waals surface area contributed by atoms with Crippen LogP contribution in [-0.4, -0.2) is 44.7 Å². The number of carbonyl (C=O) groups is 2. The van der Waals surface area contributed by atoms with Crippen LogP contribution in [-0.2, 0) is 16.2 Å². The number of benzene rings is 1. The van der Waals surface area contributed by atoms with Gasteiger partial charge >= 0.3 is 6.03 Å². The van der Waals surface area contributed by atoms with Crippen molar-refractivity contribution in [3.05, 3.63) is 60.3 Å². The Kier molecular flexibility index (Phi) is 4.90. The number of rotatable bonds is 5. The number of thioether (sulfide) groups is 1. The van der Waals surface area contributed by atoms with Gasteiger partial charge in [-0.15, -0.1) is 0 Å². The zero-order valence-corrected chi connectivity index (χ0v) is 15.0. The number of aromatic nitrogens is 1. The highest BCUT2D eigenvalue weighted by Crippen LogP contribution is 2.33. The summed E-state index contributed by atoms with van der Waals surface area (Å²) in [4.78, 5) is 37.0. The predicted octanol–water partition coefficient (Wildman–Crippen LogP) is 3.10. The molecule has 2 aromatic rings. The van der Waals surface area contributed by atoms with Crippen LogP contribution in [0.1, 0.15) is 18.4 Å². The molecule has 0 radical (unpaired) electrons. The minimum atomic E-state index is -0.420. The molecule has 7 heteroatoms. The predicted molar refractivity (Wildman–Crippen MR) is 97.1 cm³/mol. The van der Waals surface area contributed by atoms with Crippen LogP contribution in [0.15, 0.2) is 59.8 Å². The smallest absolute Gasteiger partial charge is 0.310 e. The van der Waals surface area contributed by atoms with E-state index in [1.54, 1.807) is 17.2 Å². The molecule has 3 heterocycles. The van der Waals surface area contributed by atoms with Gasteiger partial charge in [0.2, 0.25) is 5.12 Å². The van der Waals surface area contributed by atoms with E-state index in [-0.39, 0.29) is 17.2 Å². The summed E-state index contributed by atoms with van der Waals surface area (Å²) in [6.07, 6.45) is 3.07. The number of hydrogen-bond donors (Lipinski definition) is 0. The van der Waals surface area contributed by atoms with Crippen molar-refractivity contribution < 1.29 is 14.4 Å². The maximum absolute atomic E-state index is 12.7. The Labute approximate surface area is 156 Å². The molecule has 1 aromatic heterocycles. The molecule has 2 bridgehead atoms. The van der Waals surface area contributed by atoms with Gasteiger partial charge in [-0.2, -0.15) is 5.06 Å². The molecular weight excluding hydrogens is 350 g/mol. The van der Waals surface area contributed by atoms with Gasteiger partial charge in [-0.25, -0.2) is 9.78 Å². The second kappa shape index (κ2) is 7.47. The van der Waals surface area contributed by atoms with Gasteiger partial charge in [0.05, 0.1) is 6.04 Å². The molecule has 0 N–H and O–H groups in total. The number of hydroxylamine groups is 2. The lowest BCUT2D eigenvalue weighted by molar-refractivity contribution is -0.140. The monoisotopic (exact) mass is 369 g/mol. The van der Waals surface area contributed by atoms with Gasteiger partial charge in [-0.3, -0.25) is 9.63 Å². The van der Waals surface area contributed by atoms with Crippen molar-refractivity contribution in [2.24, 2.45) is 0 Å². The van der Waals surface area contributed by atoms with Crippen LogP contribution in [0.25, 0.3) is 0 Å². The number of amides is 2. The number of piperidine rings is 1. The van der Waals surface area contributed by atoms with Crippen molar-refractivity contribution >= 4 is 22.9 Å². The number of hydrogen-bond acceptors (Lipinski definition) is 5. The summed E-state index contributed by atoms with van der Waals surface area (Å²) < 4.78 is 0. The van der Waals surface area contributed by atoms with Gasteiger partial charge in [0, 0.05) is 12.7 Å². The third-order valence-corrected chi connectivity index (χ3v) is 5.57.